The van der Waals surface area contributed by atoms with E-state index in [2.05, 4.69) is 12.2 Å². The summed E-state index contributed by atoms with van der Waals surface area (Å²) in [4.78, 5) is 0. The first kappa shape index (κ1) is 10.5. The molecule has 1 heteroatoms. The fourth-order valence-electron chi connectivity index (χ4n) is 3.31. The number of nitrogens with one attached hydrogen (secondary N) is 1. The third-order valence-electron chi connectivity index (χ3n) is 4.24. The highest BCUT2D eigenvalue weighted by Gasteiger charge is 2.26. The highest BCUT2D eigenvalue weighted by Crippen LogP contribution is 2.29. The van der Waals surface area contributed by atoms with Gasteiger partial charge in [-0.1, -0.05) is 39.0 Å². The Bertz CT molecular complexity index is 161. The van der Waals surface area contributed by atoms with Gasteiger partial charge in [0.1, 0.15) is 0 Å². The van der Waals surface area contributed by atoms with Crippen molar-refractivity contribution in [3.63, 3.8) is 0 Å². The van der Waals surface area contributed by atoms with Crippen LogP contribution in [0.1, 0.15) is 64.7 Å². The zero-order chi connectivity index (χ0) is 9.80. The Kier molecular flexibility index (Phi) is 3.86. The Hall–Kier alpha value is -0.0400. The van der Waals surface area contributed by atoms with Crippen molar-refractivity contribution in [2.75, 3.05) is 0 Å². The summed E-state index contributed by atoms with van der Waals surface area (Å²) < 4.78 is 0. The molecule has 0 heterocycles. The van der Waals surface area contributed by atoms with Gasteiger partial charge in [0, 0.05) is 12.1 Å². The first-order valence-corrected chi connectivity index (χ1v) is 6.66. The van der Waals surface area contributed by atoms with Crippen molar-refractivity contribution in [1.29, 1.82) is 0 Å². The van der Waals surface area contributed by atoms with Gasteiger partial charge in [-0.2, -0.15) is 0 Å². The molecule has 0 spiro atoms. The van der Waals surface area contributed by atoms with Gasteiger partial charge in [-0.3, -0.25) is 0 Å². The minimum absolute atomic E-state index is 0.858. The van der Waals surface area contributed by atoms with E-state index in [1.54, 1.807) is 0 Å². The van der Waals surface area contributed by atoms with Crippen LogP contribution in [-0.2, 0) is 0 Å². The molecule has 2 fully saturated rings. The maximum absolute atomic E-state index is 3.92. The normalized spacial score (nSPS) is 34.9. The maximum Gasteiger partial charge on any atom is 0.00978 e. The Morgan fingerprint density at radius 1 is 0.929 bits per heavy atom. The summed E-state index contributed by atoms with van der Waals surface area (Å²) in [7, 11) is 0. The van der Waals surface area contributed by atoms with Crippen LogP contribution in [-0.4, -0.2) is 12.1 Å². The molecule has 14 heavy (non-hydrogen) atoms. The summed E-state index contributed by atoms with van der Waals surface area (Å²) in [5.41, 5.74) is 0. The first-order chi connectivity index (χ1) is 6.90. The molecule has 0 amide bonds. The van der Waals surface area contributed by atoms with Crippen molar-refractivity contribution in [3.05, 3.63) is 0 Å². The molecule has 2 atom stereocenters. The third kappa shape index (κ3) is 2.50. The van der Waals surface area contributed by atoms with Crippen LogP contribution >= 0.6 is 0 Å². The predicted octanol–water partition coefficient (Wildman–Crippen LogP) is 3.49. The van der Waals surface area contributed by atoms with Gasteiger partial charge in [-0.05, 0) is 31.6 Å². The fraction of sp³-hybridized carbons (Fsp3) is 1.00. The number of hydrogen-bond acceptors (Lipinski definition) is 1. The summed E-state index contributed by atoms with van der Waals surface area (Å²) in [6.45, 7) is 2.36. The van der Waals surface area contributed by atoms with E-state index in [1.807, 2.05) is 0 Å². The molecule has 0 aromatic carbocycles. The SMILES string of the molecule is CCC1CCCCC1NC1CCCC1. The molecule has 1 nitrogen and oxygen atoms in total. The van der Waals surface area contributed by atoms with Crippen LogP contribution in [0, 0.1) is 5.92 Å². The molecule has 2 rings (SSSR count). The van der Waals surface area contributed by atoms with Crippen molar-refractivity contribution in [3.8, 4) is 0 Å². The topological polar surface area (TPSA) is 12.0 Å². The van der Waals surface area contributed by atoms with Crippen molar-refractivity contribution < 1.29 is 0 Å². The molecule has 0 aromatic rings. The van der Waals surface area contributed by atoms with Crippen LogP contribution in [0.4, 0.5) is 0 Å². The fourth-order valence-corrected chi connectivity index (χ4v) is 3.31. The van der Waals surface area contributed by atoms with E-state index in [0.717, 1.165) is 18.0 Å². The summed E-state index contributed by atoms with van der Waals surface area (Å²) in [6, 6.07) is 1.73. The molecular weight excluding hydrogens is 170 g/mol. The largest absolute Gasteiger partial charge is 0.311 e. The van der Waals surface area contributed by atoms with Crippen LogP contribution in [0.5, 0.6) is 0 Å². The zero-order valence-corrected chi connectivity index (χ0v) is 9.60. The molecule has 82 valence electrons. The minimum Gasteiger partial charge on any atom is -0.311 e. The number of hydrogen-bond donors (Lipinski definition) is 1. The monoisotopic (exact) mass is 195 g/mol. The van der Waals surface area contributed by atoms with Crippen LogP contribution in [0.15, 0.2) is 0 Å². The van der Waals surface area contributed by atoms with E-state index in [4.69, 9.17) is 0 Å². The highest BCUT2D eigenvalue weighted by atomic mass is 15.0. The lowest BCUT2D eigenvalue weighted by atomic mass is 9.82. The van der Waals surface area contributed by atoms with Gasteiger partial charge in [0.15, 0.2) is 0 Å². The summed E-state index contributed by atoms with van der Waals surface area (Å²) in [5, 5.41) is 3.92. The van der Waals surface area contributed by atoms with Crippen molar-refractivity contribution in [2.45, 2.75) is 76.8 Å². The molecular formula is C13H25N. The molecule has 2 unspecified atom stereocenters. The van der Waals surface area contributed by atoms with E-state index < -0.39 is 0 Å². The lowest BCUT2D eigenvalue weighted by Crippen LogP contribution is -2.43. The van der Waals surface area contributed by atoms with Crippen molar-refractivity contribution >= 4 is 0 Å². The third-order valence-corrected chi connectivity index (χ3v) is 4.24. The zero-order valence-electron chi connectivity index (χ0n) is 9.60. The molecule has 0 radical (unpaired) electrons. The van der Waals surface area contributed by atoms with E-state index >= 15 is 0 Å². The molecule has 2 aliphatic carbocycles. The highest BCUT2D eigenvalue weighted by molar-refractivity contribution is 4.85. The lowest BCUT2D eigenvalue weighted by Gasteiger charge is -2.33. The van der Waals surface area contributed by atoms with Crippen molar-refractivity contribution in [2.24, 2.45) is 5.92 Å². The molecule has 2 aliphatic rings. The molecule has 0 aromatic heterocycles. The van der Waals surface area contributed by atoms with Gasteiger partial charge in [0.2, 0.25) is 0 Å². The second kappa shape index (κ2) is 5.16. The summed E-state index contributed by atoms with van der Waals surface area (Å²) >= 11 is 0. The Labute approximate surface area is 88.7 Å². The second-order valence-electron chi connectivity index (χ2n) is 5.21. The predicted molar refractivity (Wildman–Crippen MR) is 61.4 cm³/mol. The molecule has 1 N–H and O–H groups in total. The second-order valence-corrected chi connectivity index (χ2v) is 5.21. The Morgan fingerprint density at radius 2 is 1.57 bits per heavy atom. The molecule has 0 aliphatic heterocycles. The number of rotatable bonds is 3. The van der Waals surface area contributed by atoms with Gasteiger partial charge in [0.25, 0.3) is 0 Å². The van der Waals surface area contributed by atoms with E-state index in [-0.39, 0.29) is 0 Å². The van der Waals surface area contributed by atoms with E-state index in [1.165, 1.54) is 57.8 Å². The van der Waals surface area contributed by atoms with Gasteiger partial charge in [-0.25, -0.2) is 0 Å². The van der Waals surface area contributed by atoms with Crippen LogP contribution in [0.3, 0.4) is 0 Å². The van der Waals surface area contributed by atoms with Gasteiger partial charge < -0.3 is 5.32 Å². The average Bonchev–Trinajstić information content (AvgIpc) is 2.71. The smallest absolute Gasteiger partial charge is 0.00978 e. The lowest BCUT2D eigenvalue weighted by molar-refractivity contribution is 0.236. The van der Waals surface area contributed by atoms with Crippen molar-refractivity contribution in [1.82, 2.24) is 5.32 Å². The maximum atomic E-state index is 3.92. The Morgan fingerprint density at radius 3 is 2.29 bits per heavy atom. The van der Waals surface area contributed by atoms with Crippen LogP contribution in [0.2, 0.25) is 0 Å². The first-order valence-electron chi connectivity index (χ1n) is 6.66. The van der Waals surface area contributed by atoms with Crippen LogP contribution in [0.25, 0.3) is 0 Å². The molecule has 0 saturated heterocycles. The summed E-state index contributed by atoms with van der Waals surface area (Å²) in [6.07, 6.45) is 13.0. The van der Waals surface area contributed by atoms with E-state index in [9.17, 15) is 0 Å². The molecule has 2 saturated carbocycles. The molecule has 0 bridgehead atoms. The average molecular weight is 195 g/mol. The van der Waals surface area contributed by atoms with E-state index in [0.29, 0.717) is 0 Å². The quantitative estimate of drug-likeness (QED) is 0.727. The van der Waals surface area contributed by atoms with Gasteiger partial charge in [-0.15, -0.1) is 0 Å². The van der Waals surface area contributed by atoms with Crippen LogP contribution < -0.4 is 5.32 Å². The van der Waals surface area contributed by atoms with Gasteiger partial charge >= 0.3 is 0 Å². The Balaban J connectivity index is 1.81. The van der Waals surface area contributed by atoms with Gasteiger partial charge in [0.05, 0.1) is 0 Å². The summed E-state index contributed by atoms with van der Waals surface area (Å²) in [5.74, 6) is 0.976. The minimum atomic E-state index is 0.858. The standard InChI is InChI=1S/C13H25N/c1-2-11-7-3-6-10-13(11)14-12-8-4-5-9-12/h11-14H,2-10H2,1H3.